The Balaban J connectivity index is 2.56. The summed E-state index contributed by atoms with van der Waals surface area (Å²) < 4.78 is 7.04. The van der Waals surface area contributed by atoms with Crippen LogP contribution in [0.15, 0.2) is 24.4 Å². The Kier molecular flexibility index (Phi) is 4.09. The van der Waals surface area contributed by atoms with E-state index in [2.05, 4.69) is 10.5 Å². The maximum Gasteiger partial charge on any atom is 0.161 e. The minimum Gasteiger partial charge on any atom is -0.493 e. The van der Waals surface area contributed by atoms with Crippen LogP contribution in [0.25, 0.3) is 0 Å². The summed E-state index contributed by atoms with van der Waals surface area (Å²) >= 11 is 6.37. The van der Waals surface area contributed by atoms with Crippen LogP contribution in [0.5, 0.6) is 5.75 Å². The molecule has 19 heavy (non-hydrogen) atoms. The molecule has 3 N–H and O–H groups in total. The molecule has 0 radical (unpaired) electrons. The normalized spacial score (nSPS) is 12.5. The summed E-state index contributed by atoms with van der Waals surface area (Å²) in [6, 6.07) is 5.56. The van der Waals surface area contributed by atoms with Gasteiger partial charge in [-0.3, -0.25) is 10.5 Å². The number of aryl methyl sites for hydroxylation is 2. The highest BCUT2D eigenvalue weighted by atomic mass is 35.5. The van der Waals surface area contributed by atoms with Crippen molar-refractivity contribution in [3.63, 3.8) is 0 Å². The Bertz CT molecular complexity index is 582. The summed E-state index contributed by atoms with van der Waals surface area (Å²) in [5, 5.41) is 4.88. The Labute approximate surface area is 117 Å². The van der Waals surface area contributed by atoms with Crippen molar-refractivity contribution in [1.82, 2.24) is 15.2 Å². The van der Waals surface area contributed by atoms with Crippen LogP contribution >= 0.6 is 11.6 Å². The van der Waals surface area contributed by atoms with E-state index in [0.29, 0.717) is 10.8 Å². The molecule has 0 aliphatic rings. The second-order valence-corrected chi connectivity index (χ2v) is 4.68. The fourth-order valence-electron chi connectivity index (χ4n) is 2.12. The number of nitrogens with one attached hydrogen (secondary N) is 1. The van der Waals surface area contributed by atoms with E-state index < -0.39 is 0 Å². The van der Waals surface area contributed by atoms with Gasteiger partial charge in [-0.2, -0.15) is 5.10 Å². The SMILES string of the molecule is COc1cnn(C)c1C(NN)c1cccc(C)c1Cl. The first-order valence-corrected chi connectivity index (χ1v) is 6.25. The molecule has 0 fully saturated rings. The van der Waals surface area contributed by atoms with Gasteiger partial charge in [-0.05, 0) is 18.1 Å². The monoisotopic (exact) mass is 280 g/mol. The summed E-state index contributed by atoms with van der Waals surface area (Å²) in [7, 11) is 3.44. The summed E-state index contributed by atoms with van der Waals surface area (Å²) in [6.07, 6.45) is 1.66. The van der Waals surface area contributed by atoms with Crippen molar-refractivity contribution in [2.45, 2.75) is 13.0 Å². The molecule has 1 aromatic carbocycles. The van der Waals surface area contributed by atoms with Gasteiger partial charge in [-0.1, -0.05) is 29.8 Å². The molecule has 102 valence electrons. The molecular formula is C13H17ClN4O. The van der Waals surface area contributed by atoms with E-state index in [1.807, 2.05) is 32.2 Å². The van der Waals surface area contributed by atoms with Crippen molar-refractivity contribution in [2.24, 2.45) is 12.9 Å². The Hall–Kier alpha value is -1.56. The number of aromatic nitrogens is 2. The summed E-state index contributed by atoms with van der Waals surface area (Å²) in [6.45, 7) is 1.96. The number of hydrazine groups is 1. The molecule has 0 aliphatic carbocycles. The molecule has 0 spiro atoms. The highest BCUT2D eigenvalue weighted by molar-refractivity contribution is 6.32. The summed E-state index contributed by atoms with van der Waals surface area (Å²) in [5.41, 5.74) is 5.51. The molecule has 6 heteroatoms. The third-order valence-corrected chi connectivity index (χ3v) is 3.66. The van der Waals surface area contributed by atoms with Crippen LogP contribution in [0.2, 0.25) is 5.02 Å². The minimum atomic E-state index is -0.283. The molecule has 5 nitrogen and oxygen atoms in total. The molecule has 0 aliphatic heterocycles. The van der Waals surface area contributed by atoms with Crippen LogP contribution in [0.1, 0.15) is 22.9 Å². The third kappa shape index (κ3) is 2.45. The molecule has 1 aromatic heterocycles. The number of rotatable bonds is 4. The van der Waals surface area contributed by atoms with Crippen molar-refractivity contribution in [2.75, 3.05) is 7.11 Å². The first-order valence-electron chi connectivity index (χ1n) is 5.87. The molecule has 0 bridgehead atoms. The van der Waals surface area contributed by atoms with E-state index in [9.17, 15) is 0 Å². The maximum atomic E-state index is 6.37. The van der Waals surface area contributed by atoms with Gasteiger partial charge >= 0.3 is 0 Å². The van der Waals surface area contributed by atoms with Crippen LogP contribution in [0, 0.1) is 6.92 Å². The van der Waals surface area contributed by atoms with Gasteiger partial charge in [0.05, 0.1) is 19.3 Å². The van der Waals surface area contributed by atoms with Crippen molar-refractivity contribution in [3.05, 3.63) is 46.2 Å². The topological polar surface area (TPSA) is 65.1 Å². The minimum absolute atomic E-state index is 0.283. The lowest BCUT2D eigenvalue weighted by Crippen LogP contribution is -2.31. The zero-order chi connectivity index (χ0) is 14.0. The number of nitrogens with two attached hydrogens (primary N) is 1. The van der Waals surface area contributed by atoms with Crippen molar-refractivity contribution in [1.29, 1.82) is 0 Å². The number of halogens is 1. The van der Waals surface area contributed by atoms with E-state index in [1.165, 1.54) is 0 Å². The van der Waals surface area contributed by atoms with Gasteiger partial charge in [0, 0.05) is 12.1 Å². The molecular weight excluding hydrogens is 264 g/mol. The first-order chi connectivity index (χ1) is 9.10. The number of nitrogens with zero attached hydrogens (tertiary/aromatic N) is 2. The van der Waals surface area contributed by atoms with Crippen molar-refractivity contribution in [3.8, 4) is 5.75 Å². The second-order valence-electron chi connectivity index (χ2n) is 4.30. The average Bonchev–Trinajstić information content (AvgIpc) is 2.77. The number of hydrogen-bond donors (Lipinski definition) is 2. The van der Waals surface area contributed by atoms with Crippen LogP contribution in [-0.4, -0.2) is 16.9 Å². The lowest BCUT2D eigenvalue weighted by molar-refractivity contribution is 0.401. The van der Waals surface area contributed by atoms with Crippen LogP contribution < -0.4 is 16.0 Å². The fourth-order valence-corrected chi connectivity index (χ4v) is 2.36. The fraction of sp³-hybridized carbons (Fsp3) is 0.308. The molecule has 2 aromatic rings. The molecule has 0 saturated carbocycles. The Morgan fingerprint density at radius 1 is 1.47 bits per heavy atom. The largest absolute Gasteiger partial charge is 0.493 e. The number of benzene rings is 1. The Morgan fingerprint density at radius 3 is 2.84 bits per heavy atom. The molecule has 0 saturated heterocycles. The molecule has 2 rings (SSSR count). The highest BCUT2D eigenvalue weighted by Gasteiger charge is 2.23. The smallest absolute Gasteiger partial charge is 0.161 e. The van der Waals surface area contributed by atoms with Gasteiger partial charge < -0.3 is 4.74 Å². The predicted molar refractivity (Wildman–Crippen MR) is 75.1 cm³/mol. The van der Waals surface area contributed by atoms with E-state index in [0.717, 1.165) is 16.8 Å². The van der Waals surface area contributed by atoms with Gasteiger partial charge in [0.25, 0.3) is 0 Å². The second kappa shape index (κ2) is 5.61. The van der Waals surface area contributed by atoms with Crippen LogP contribution in [-0.2, 0) is 7.05 Å². The zero-order valence-corrected chi connectivity index (χ0v) is 11.9. The first kappa shape index (κ1) is 13.9. The van der Waals surface area contributed by atoms with E-state index >= 15 is 0 Å². The number of hydrogen-bond acceptors (Lipinski definition) is 4. The average molecular weight is 281 g/mol. The van der Waals surface area contributed by atoms with Crippen LogP contribution in [0.4, 0.5) is 0 Å². The van der Waals surface area contributed by atoms with Crippen molar-refractivity contribution >= 4 is 11.6 Å². The number of ether oxygens (including phenoxy) is 1. The summed E-state index contributed by atoms with van der Waals surface area (Å²) in [5.74, 6) is 6.37. The predicted octanol–water partition coefficient (Wildman–Crippen LogP) is 1.94. The lowest BCUT2D eigenvalue weighted by atomic mass is 10.0. The molecule has 1 atom stereocenters. The zero-order valence-electron chi connectivity index (χ0n) is 11.1. The summed E-state index contributed by atoms with van der Waals surface area (Å²) in [4.78, 5) is 0. The quantitative estimate of drug-likeness (QED) is 0.664. The number of methoxy groups -OCH3 is 1. The van der Waals surface area contributed by atoms with Gasteiger partial charge in [-0.25, -0.2) is 5.43 Å². The standard InChI is InChI=1S/C13H17ClN4O/c1-8-5-4-6-9(11(8)14)12(17-15)13-10(19-3)7-16-18(13)2/h4-7,12,17H,15H2,1-3H3. The van der Waals surface area contributed by atoms with Gasteiger partial charge in [-0.15, -0.1) is 0 Å². The van der Waals surface area contributed by atoms with E-state index in [4.69, 9.17) is 22.2 Å². The third-order valence-electron chi connectivity index (χ3n) is 3.14. The van der Waals surface area contributed by atoms with E-state index in [-0.39, 0.29) is 6.04 Å². The van der Waals surface area contributed by atoms with Gasteiger partial charge in [0.15, 0.2) is 5.75 Å². The molecule has 0 amide bonds. The highest BCUT2D eigenvalue weighted by Crippen LogP contribution is 2.33. The maximum absolute atomic E-state index is 6.37. The van der Waals surface area contributed by atoms with Gasteiger partial charge in [0.1, 0.15) is 5.69 Å². The van der Waals surface area contributed by atoms with Crippen LogP contribution in [0.3, 0.4) is 0 Å². The molecule has 1 unspecified atom stereocenters. The van der Waals surface area contributed by atoms with Gasteiger partial charge in [0.2, 0.25) is 0 Å². The van der Waals surface area contributed by atoms with E-state index in [1.54, 1.807) is 18.0 Å². The Morgan fingerprint density at radius 2 is 2.21 bits per heavy atom. The van der Waals surface area contributed by atoms with Crippen molar-refractivity contribution < 1.29 is 4.74 Å². The lowest BCUT2D eigenvalue weighted by Gasteiger charge is -2.20. The molecule has 1 heterocycles.